The molecule has 4 nitrogen and oxygen atoms in total. The van der Waals surface area contributed by atoms with Crippen LogP contribution in [0.5, 0.6) is 0 Å². The van der Waals surface area contributed by atoms with Crippen LogP contribution in [0.2, 0.25) is 0 Å². The first-order chi connectivity index (χ1) is 12.8. The highest BCUT2D eigenvalue weighted by Gasteiger charge is 2.15. The van der Waals surface area contributed by atoms with Crippen LogP contribution < -0.4 is 10.6 Å². The molecule has 1 aromatic carbocycles. The summed E-state index contributed by atoms with van der Waals surface area (Å²) in [5.41, 5.74) is 3.24. The van der Waals surface area contributed by atoms with Crippen LogP contribution in [0.1, 0.15) is 70.3 Å². The average molecular weight is 394 g/mol. The van der Waals surface area contributed by atoms with E-state index in [1.54, 1.807) is 0 Å². The standard InChI is InChI=1S/C22H35N3O.ClH/c1-2-3-4-5-6-7-8-9-10-18-11-12-21-20(15-18)25-22(26-21)24-17-19-13-14-23-16-19;/h11-12,15,19,23H,2-10,13-14,16-17H2,1H3,(H,24,25);1H. The highest BCUT2D eigenvalue weighted by atomic mass is 35.5. The van der Waals surface area contributed by atoms with Crippen LogP contribution >= 0.6 is 12.4 Å². The summed E-state index contributed by atoms with van der Waals surface area (Å²) in [6.45, 7) is 5.43. The predicted octanol–water partition coefficient (Wildman–Crippen LogP) is 5.95. The summed E-state index contributed by atoms with van der Waals surface area (Å²) in [7, 11) is 0. The van der Waals surface area contributed by atoms with E-state index in [1.807, 2.05) is 0 Å². The zero-order chi connectivity index (χ0) is 18.0. The molecule has 2 heterocycles. The van der Waals surface area contributed by atoms with E-state index in [1.165, 1.54) is 63.4 Å². The van der Waals surface area contributed by atoms with Crippen LogP contribution in [0, 0.1) is 5.92 Å². The Morgan fingerprint density at radius 1 is 1.11 bits per heavy atom. The zero-order valence-electron chi connectivity index (χ0n) is 16.8. The summed E-state index contributed by atoms with van der Waals surface area (Å²) >= 11 is 0. The van der Waals surface area contributed by atoms with E-state index in [-0.39, 0.29) is 12.4 Å². The smallest absolute Gasteiger partial charge is 0.295 e. The van der Waals surface area contributed by atoms with Gasteiger partial charge in [0.05, 0.1) is 0 Å². The molecule has 2 N–H and O–H groups in total. The molecule has 152 valence electrons. The molecule has 1 aromatic heterocycles. The molecule has 5 heteroatoms. The second kappa shape index (κ2) is 12.2. The van der Waals surface area contributed by atoms with Gasteiger partial charge in [0, 0.05) is 6.54 Å². The van der Waals surface area contributed by atoms with E-state index in [0.717, 1.165) is 37.2 Å². The summed E-state index contributed by atoms with van der Waals surface area (Å²) in [5, 5.41) is 6.75. The van der Waals surface area contributed by atoms with Gasteiger partial charge in [-0.3, -0.25) is 0 Å². The lowest BCUT2D eigenvalue weighted by Gasteiger charge is -2.07. The Kier molecular flexibility index (Phi) is 10.00. The molecular weight excluding hydrogens is 358 g/mol. The Morgan fingerprint density at radius 3 is 2.63 bits per heavy atom. The first-order valence-corrected chi connectivity index (χ1v) is 10.7. The number of hydrogen-bond donors (Lipinski definition) is 2. The van der Waals surface area contributed by atoms with E-state index in [0.29, 0.717) is 11.9 Å². The molecule has 3 rings (SSSR count). The molecule has 0 aliphatic carbocycles. The van der Waals surface area contributed by atoms with Gasteiger partial charge in [0.1, 0.15) is 5.52 Å². The quantitative estimate of drug-likeness (QED) is 0.437. The summed E-state index contributed by atoms with van der Waals surface area (Å²) < 4.78 is 5.83. The first kappa shape index (κ1) is 22.0. The van der Waals surface area contributed by atoms with Crippen molar-refractivity contribution in [3.63, 3.8) is 0 Å². The van der Waals surface area contributed by atoms with Crippen molar-refractivity contribution in [2.24, 2.45) is 5.92 Å². The predicted molar refractivity (Wildman–Crippen MR) is 117 cm³/mol. The van der Waals surface area contributed by atoms with E-state index in [4.69, 9.17) is 4.42 Å². The van der Waals surface area contributed by atoms with Crippen molar-refractivity contribution >= 4 is 29.5 Å². The van der Waals surface area contributed by atoms with Crippen LogP contribution in [0.15, 0.2) is 22.6 Å². The third-order valence-corrected chi connectivity index (χ3v) is 5.48. The van der Waals surface area contributed by atoms with E-state index >= 15 is 0 Å². The minimum atomic E-state index is 0. The molecule has 0 spiro atoms. The van der Waals surface area contributed by atoms with Crippen LogP contribution in [0.4, 0.5) is 6.01 Å². The molecule has 1 aliphatic rings. The molecule has 0 radical (unpaired) electrons. The van der Waals surface area contributed by atoms with Gasteiger partial charge in [-0.05, 0) is 56.0 Å². The molecule has 1 aliphatic heterocycles. The van der Waals surface area contributed by atoms with E-state index in [9.17, 15) is 0 Å². The highest BCUT2D eigenvalue weighted by molar-refractivity contribution is 5.85. The summed E-state index contributed by atoms with van der Waals surface area (Å²) in [5.74, 6) is 0.683. The Balaban J connectivity index is 0.00000261. The second-order valence-corrected chi connectivity index (χ2v) is 7.79. The molecule has 1 fully saturated rings. The first-order valence-electron chi connectivity index (χ1n) is 10.7. The molecule has 0 amide bonds. The van der Waals surface area contributed by atoms with Gasteiger partial charge < -0.3 is 15.1 Å². The van der Waals surface area contributed by atoms with Gasteiger partial charge >= 0.3 is 0 Å². The Hall–Kier alpha value is -1.26. The minimum absolute atomic E-state index is 0. The third kappa shape index (κ3) is 7.34. The number of nitrogens with one attached hydrogen (secondary N) is 2. The number of nitrogens with zero attached hydrogens (tertiary/aromatic N) is 1. The molecule has 1 unspecified atom stereocenters. The van der Waals surface area contributed by atoms with Crippen molar-refractivity contribution in [2.45, 2.75) is 71.1 Å². The van der Waals surface area contributed by atoms with Gasteiger partial charge in [-0.15, -0.1) is 12.4 Å². The van der Waals surface area contributed by atoms with Gasteiger partial charge in [0.25, 0.3) is 6.01 Å². The number of aryl methyl sites for hydroxylation is 1. The number of anilines is 1. The van der Waals surface area contributed by atoms with Gasteiger partial charge in [0.15, 0.2) is 5.58 Å². The van der Waals surface area contributed by atoms with Crippen molar-refractivity contribution in [1.82, 2.24) is 10.3 Å². The topological polar surface area (TPSA) is 50.1 Å². The van der Waals surface area contributed by atoms with Gasteiger partial charge in [-0.25, -0.2) is 0 Å². The largest absolute Gasteiger partial charge is 0.424 e. The van der Waals surface area contributed by atoms with Crippen molar-refractivity contribution in [2.75, 3.05) is 25.0 Å². The lowest BCUT2D eigenvalue weighted by molar-refractivity contribution is 0.573. The van der Waals surface area contributed by atoms with Gasteiger partial charge in [0.2, 0.25) is 0 Å². The fourth-order valence-electron chi connectivity index (χ4n) is 3.79. The number of unbranched alkanes of at least 4 members (excludes halogenated alkanes) is 7. The molecule has 1 saturated heterocycles. The maximum absolute atomic E-state index is 5.83. The SMILES string of the molecule is CCCCCCCCCCc1ccc2oc(NCC3CCNC3)nc2c1.Cl. The third-order valence-electron chi connectivity index (χ3n) is 5.48. The fourth-order valence-corrected chi connectivity index (χ4v) is 3.79. The molecule has 27 heavy (non-hydrogen) atoms. The van der Waals surface area contributed by atoms with E-state index in [2.05, 4.69) is 40.7 Å². The summed E-state index contributed by atoms with van der Waals surface area (Å²) in [6.07, 6.45) is 13.3. The fraction of sp³-hybridized carbons (Fsp3) is 0.682. The normalized spacial score (nSPS) is 16.6. The number of halogens is 1. The summed E-state index contributed by atoms with van der Waals surface area (Å²) in [4.78, 5) is 4.62. The zero-order valence-corrected chi connectivity index (χ0v) is 17.6. The Morgan fingerprint density at radius 2 is 1.89 bits per heavy atom. The average Bonchev–Trinajstić information content (AvgIpc) is 3.30. The lowest BCUT2D eigenvalue weighted by Crippen LogP contribution is -2.17. The van der Waals surface area contributed by atoms with Crippen molar-refractivity contribution in [3.8, 4) is 0 Å². The molecule has 0 bridgehead atoms. The van der Waals surface area contributed by atoms with Crippen molar-refractivity contribution in [1.29, 1.82) is 0 Å². The van der Waals surface area contributed by atoms with Crippen LogP contribution in [0.25, 0.3) is 11.1 Å². The number of oxazole rings is 1. The molecule has 1 atom stereocenters. The molecule has 2 aromatic rings. The Labute approximate surface area is 170 Å². The number of rotatable bonds is 12. The van der Waals surface area contributed by atoms with Crippen LogP contribution in [-0.4, -0.2) is 24.6 Å². The van der Waals surface area contributed by atoms with Gasteiger partial charge in [-0.1, -0.05) is 57.9 Å². The van der Waals surface area contributed by atoms with E-state index < -0.39 is 0 Å². The van der Waals surface area contributed by atoms with Crippen LogP contribution in [0.3, 0.4) is 0 Å². The summed E-state index contributed by atoms with van der Waals surface area (Å²) in [6, 6.07) is 7.13. The van der Waals surface area contributed by atoms with Crippen molar-refractivity contribution < 1.29 is 4.42 Å². The number of aromatic nitrogens is 1. The van der Waals surface area contributed by atoms with Crippen LogP contribution in [-0.2, 0) is 6.42 Å². The highest BCUT2D eigenvalue weighted by Crippen LogP contribution is 2.22. The molecule has 0 saturated carbocycles. The number of hydrogen-bond acceptors (Lipinski definition) is 4. The van der Waals surface area contributed by atoms with Crippen molar-refractivity contribution in [3.05, 3.63) is 23.8 Å². The molecular formula is C22H36ClN3O. The number of fused-ring (bicyclic) bond motifs is 1. The van der Waals surface area contributed by atoms with Gasteiger partial charge in [-0.2, -0.15) is 4.98 Å². The Bertz CT molecular complexity index is 652. The lowest BCUT2D eigenvalue weighted by atomic mass is 10.0. The minimum Gasteiger partial charge on any atom is -0.424 e. The number of benzene rings is 1. The second-order valence-electron chi connectivity index (χ2n) is 7.79. The maximum atomic E-state index is 5.83. The monoisotopic (exact) mass is 393 g/mol. The maximum Gasteiger partial charge on any atom is 0.295 e.